The Balaban J connectivity index is 2.31. The maximum absolute atomic E-state index is 12.1. The first-order chi connectivity index (χ1) is 9.29. The standard InChI is InChI=1S/C12H10INO4S2/c1-7-6-10(19-11(7)12(15)16)14-20(17,18)9-4-2-8(13)3-5-9/h2-6,14H,1H3,(H,15,16). The fourth-order valence-corrected chi connectivity index (χ4v) is 4.10. The molecule has 0 unspecified atom stereocenters. The molecule has 1 aromatic carbocycles. The number of sulfonamides is 1. The van der Waals surface area contributed by atoms with Gasteiger partial charge in [0.05, 0.1) is 4.90 Å². The highest BCUT2D eigenvalue weighted by atomic mass is 127. The number of hydrogen-bond donors (Lipinski definition) is 2. The van der Waals surface area contributed by atoms with Crippen LogP contribution >= 0.6 is 33.9 Å². The van der Waals surface area contributed by atoms with Gasteiger partial charge in [0.15, 0.2) is 0 Å². The maximum atomic E-state index is 12.1. The largest absolute Gasteiger partial charge is 0.477 e. The fraction of sp³-hybridized carbons (Fsp3) is 0.0833. The van der Waals surface area contributed by atoms with Gasteiger partial charge in [0.1, 0.15) is 9.88 Å². The van der Waals surface area contributed by atoms with Crippen LogP contribution in [-0.4, -0.2) is 19.5 Å². The lowest BCUT2D eigenvalue weighted by Crippen LogP contribution is -2.11. The Morgan fingerprint density at radius 3 is 2.40 bits per heavy atom. The Hall–Kier alpha value is -1.13. The van der Waals surface area contributed by atoms with Crippen molar-refractivity contribution in [2.45, 2.75) is 11.8 Å². The second kappa shape index (κ2) is 5.70. The van der Waals surface area contributed by atoms with E-state index in [9.17, 15) is 13.2 Å². The number of aromatic carboxylic acids is 1. The van der Waals surface area contributed by atoms with E-state index in [2.05, 4.69) is 27.3 Å². The quantitative estimate of drug-likeness (QED) is 0.741. The van der Waals surface area contributed by atoms with Crippen LogP contribution in [0.25, 0.3) is 0 Å². The molecule has 2 rings (SSSR count). The molecule has 0 aliphatic heterocycles. The van der Waals surface area contributed by atoms with Gasteiger partial charge in [0.2, 0.25) is 0 Å². The van der Waals surface area contributed by atoms with E-state index < -0.39 is 16.0 Å². The number of carbonyl (C=O) groups is 1. The molecule has 106 valence electrons. The van der Waals surface area contributed by atoms with Gasteiger partial charge < -0.3 is 5.11 Å². The van der Waals surface area contributed by atoms with Crippen molar-refractivity contribution in [1.82, 2.24) is 0 Å². The molecule has 0 amide bonds. The number of benzene rings is 1. The van der Waals surface area contributed by atoms with Gasteiger partial charge in [-0.15, -0.1) is 11.3 Å². The summed E-state index contributed by atoms with van der Waals surface area (Å²) in [5, 5.41) is 9.25. The zero-order valence-corrected chi connectivity index (χ0v) is 14.0. The highest BCUT2D eigenvalue weighted by Crippen LogP contribution is 2.28. The Labute approximate surface area is 133 Å². The molecule has 1 aromatic heterocycles. The molecule has 0 bridgehead atoms. The summed E-state index contributed by atoms with van der Waals surface area (Å²) in [6.07, 6.45) is 0. The van der Waals surface area contributed by atoms with Crippen molar-refractivity contribution in [3.05, 3.63) is 44.3 Å². The highest BCUT2D eigenvalue weighted by molar-refractivity contribution is 14.1. The van der Waals surface area contributed by atoms with Crippen LogP contribution in [-0.2, 0) is 10.0 Å². The van der Waals surface area contributed by atoms with E-state index in [1.807, 2.05) is 0 Å². The van der Waals surface area contributed by atoms with Crippen LogP contribution in [0.3, 0.4) is 0 Å². The number of anilines is 1. The Kier molecular flexibility index (Phi) is 4.35. The number of aryl methyl sites for hydroxylation is 1. The number of carboxylic acids is 1. The van der Waals surface area contributed by atoms with E-state index in [0.717, 1.165) is 14.9 Å². The number of rotatable bonds is 4. The molecule has 0 aliphatic rings. The third-order valence-electron chi connectivity index (χ3n) is 2.47. The lowest BCUT2D eigenvalue weighted by molar-refractivity contribution is 0.0701. The molecule has 0 radical (unpaired) electrons. The van der Waals surface area contributed by atoms with E-state index in [1.54, 1.807) is 19.1 Å². The number of carboxylic acid groups (broad SMARTS) is 1. The first-order valence-electron chi connectivity index (χ1n) is 5.42. The fourth-order valence-electron chi connectivity index (χ4n) is 1.55. The topological polar surface area (TPSA) is 83.5 Å². The molecule has 0 atom stereocenters. The molecule has 0 saturated heterocycles. The Morgan fingerprint density at radius 1 is 1.30 bits per heavy atom. The molecule has 0 fully saturated rings. The van der Waals surface area contributed by atoms with Gasteiger partial charge in [0, 0.05) is 3.57 Å². The van der Waals surface area contributed by atoms with Crippen molar-refractivity contribution in [3.8, 4) is 0 Å². The summed E-state index contributed by atoms with van der Waals surface area (Å²) in [5.74, 6) is -1.06. The Bertz CT molecular complexity index is 750. The summed E-state index contributed by atoms with van der Waals surface area (Å²) in [6.45, 7) is 1.63. The first-order valence-corrected chi connectivity index (χ1v) is 8.79. The minimum Gasteiger partial charge on any atom is -0.477 e. The number of thiophene rings is 1. The zero-order valence-electron chi connectivity index (χ0n) is 10.3. The van der Waals surface area contributed by atoms with E-state index in [4.69, 9.17) is 5.11 Å². The molecular formula is C12H10INO4S2. The molecule has 20 heavy (non-hydrogen) atoms. The van der Waals surface area contributed by atoms with Crippen molar-refractivity contribution < 1.29 is 18.3 Å². The molecule has 2 N–H and O–H groups in total. The summed E-state index contributed by atoms with van der Waals surface area (Å²) in [7, 11) is -3.70. The SMILES string of the molecule is Cc1cc(NS(=O)(=O)c2ccc(I)cc2)sc1C(=O)O. The van der Waals surface area contributed by atoms with E-state index >= 15 is 0 Å². The lowest BCUT2D eigenvalue weighted by Gasteiger charge is -2.05. The number of hydrogen-bond acceptors (Lipinski definition) is 4. The van der Waals surface area contributed by atoms with Gasteiger partial charge in [-0.1, -0.05) is 0 Å². The average Bonchev–Trinajstić information content (AvgIpc) is 2.70. The smallest absolute Gasteiger partial charge is 0.346 e. The van der Waals surface area contributed by atoms with Gasteiger partial charge >= 0.3 is 5.97 Å². The molecule has 2 aromatic rings. The van der Waals surface area contributed by atoms with Crippen molar-refractivity contribution in [2.75, 3.05) is 4.72 Å². The van der Waals surface area contributed by atoms with E-state index in [1.165, 1.54) is 18.2 Å². The maximum Gasteiger partial charge on any atom is 0.346 e. The Morgan fingerprint density at radius 2 is 1.90 bits per heavy atom. The van der Waals surface area contributed by atoms with Gasteiger partial charge in [0.25, 0.3) is 10.0 Å². The van der Waals surface area contributed by atoms with Gasteiger partial charge in [-0.3, -0.25) is 4.72 Å². The third kappa shape index (κ3) is 3.30. The second-order valence-electron chi connectivity index (χ2n) is 3.99. The van der Waals surface area contributed by atoms with Crippen molar-refractivity contribution >= 4 is 54.9 Å². The minimum atomic E-state index is -3.70. The molecule has 0 spiro atoms. The van der Waals surface area contributed by atoms with Gasteiger partial charge in [-0.05, 0) is 65.4 Å². The summed E-state index contributed by atoms with van der Waals surface area (Å²) >= 11 is 2.99. The van der Waals surface area contributed by atoms with E-state index in [0.29, 0.717) is 10.6 Å². The van der Waals surface area contributed by atoms with Crippen LogP contribution in [0.1, 0.15) is 15.2 Å². The molecular weight excluding hydrogens is 413 g/mol. The molecule has 8 heteroatoms. The first kappa shape index (κ1) is 15.3. The molecule has 0 saturated carbocycles. The zero-order chi connectivity index (χ0) is 14.9. The minimum absolute atomic E-state index is 0.130. The summed E-state index contributed by atoms with van der Waals surface area (Å²) in [5.41, 5.74) is 0.530. The van der Waals surface area contributed by atoms with Crippen molar-refractivity contribution in [1.29, 1.82) is 0 Å². The van der Waals surface area contributed by atoms with Crippen LogP contribution in [0.4, 0.5) is 5.00 Å². The van der Waals surface area contributed by atoms with Crippen LogP contribution in [0.5, 0.6) is 0 Å². The second-order valence-corrected chi connectivity index (χ2v) is 7.97. The third-order valence-corrected chi connectivity index (χ3v) is 5.84. The van der Waals surface area contributed by atoms with Crippen LogP contribution in [0, 0.1) is 10.5 Å². The number of nitrogens with one attached hydrogen (secondary N) is 1. The summed E-state index contributed by atoms with van der Waals surface area (Å²) in [4.78, 5) is 11.2. The molecule has 0 aliphatic carbocycles. The highest BCUT2D eigenvalue weighted by Gasteiger charge is 2.18. The van der Waals surface area contributed by atoms with Crippen molar-refractivity contribution in [2.24, 2.45) is 0 Å². The number of halogens is 1. The summed E-state index contributed by atoms with van der Waals surface area (Å²) in [6, 6.07) is 7.90. The summed E-state index contributed by atoms with van der Waals surface area (Å²) < 4.78 is 27.6. The predicted octanol–water partition coefficient (Wildman–Crippen LogP) is 3.16. The van der Waals surface area contributed by atoms with E-state index in [-0.39, 0.29) is 9.77 Å². The normalized spacial score (nSPS) is 11.3. The van der Waals surface area contributed by atoms with Gasteiger partial charge in [-0.2, -0.15) is 0 Å². The monoisotopic (exact) mass is 423 g/mol. The van der Waals surface area contributed by atoms with Crippen LogP contribution in [0.15, 0.2) is 35.2 Å². The average molecular weight is 423 g/mol. The van der Waals surface area contributed by atoms with Crippen molar-refractivity contribution in [3.63, 3.8) is 0 Å². The predicted molar refractivity (Wildman–Crippen MR) is 86.0 cm³/mol. The lowest BCUT2D eigenvalue weighted by atomic mass is 10.3. The van der Waals surface area contributed by atoms with Crippen LogP contribution < -0.4 is 4.72 Å². The van der Waals surface area contributed by atoms with Crippen LogP contribution in [0.2, 0.25) is 0 Å². The van der Waals surface area contributed by atoms with Gasteiger partial charge in [-0.25, -0.2) is 13.2 Å². The molecule has 1 heterocycles. The molecule has 5 nitrogen and oxygen atoms in total.